The second kappa shape index (κ2) is 7.65. The molecule has 140 valence electrons. The number of halogens is 3. The quantitative estimate of drug-likeness (QED) is 0.671. The highest BCUT2D eigenvalue weighted by Crippen LogP contribution is 2.20. The first-order chi connectivity index (χ1) is 12.8. The average Bonchev–Trinajstić information content (AvgIpc) is 2.99. The molecular weight excluding hydrogens is 355 g/mol. The van der Waals surface area contributed by atoms with Crippen LogP contribution in [0.4, 0.5) is 18.9 Å². The second-order valence-corrected chi connectivity index (χ2v) is 6.28. The molecule has 0 spiro atoms. The van der Waals surface area contributed by atoms with Gasteiger partial charge in [-0.1, -0.05) is 12.1 Å². The highest BCUT2D eigenvalue weighted by molar-refractivity contribution is 5.90. The van der Waals surface area contributed by atoms with Crippen LogP contribution in [0.25, 0.3) is 5.69 Å². The summed E-state index contributed by atoms with van der Waals surface area (Å²) < 4.78 is 41.5. The van der Waals surface area contributed by atoms with E-state index in [-0.39, 0.29) is 12.1 Å². The normalized spacial score (nSPS) is 10.9. The van der Waals surface area contributed by atoms with Crippen LogP contribution in [0, 0.1) is 31.3 Å². The maximum absolute atomic E-state index is 13.6. The zero-order chi connectivity index (χ0) is 19.6. The molecule has 0 aliphatic heterocycles. The molecule has 0 aliphatic rings. The molecule has 0 atom stereocenters. The van der Waals surface area contributed by atoms with E-state index >= 15 is 0 Å². The van der Waals surface area contributed by atoms with Gasteiger partial charge in [0.25, 0.3) is 0 Å². The number of hydrogen-bond donors (Lipinski definition) is 1. The van der Waals surface area contributed by atoms with Gasteiger partial charge in [0.1, 0.15) is 0 Å². The van der Waals surface area contributed by atoms with Crippen LogP contribution in [-0.2, 0) is 11.2 Å². The molecule has 0 radical (unpaired) electrons. The lowest BCUT2D eigenvalue weighted by Crippen LogP contribution is -2.14. The number of hydrogen-bond acceptors (Lipinski definition) is 2. The fourth-order valence-corrected chi connectivity index (χ4v) is 2.79. The highest BCUT2D eigenvalue weighted by Gasteiger charge is 2.15. The third-order valence-corrected chi connectivity index (χ3v) is 4.14. The molecule has 3 aromatic rings. The largest absolute Gasteiger partial charge is 0.323 e. The van der Waals surface area contributed by atoms with Crippen molar-refractivity contribution < 1.29 is 18.0 Å². The van der Waals surface area contributed by atoms with E-state index in [0.717, 1.165) is 34.8 Å². The lowest BCUT2D eigenvalue weighted by molar-refractivity contribution is -0.116. The predicted octanol–water partition coefficient (Wildman–Crippen LogP) is 4.48. The van der Waals surface area contributed by atoms with Crippen molar-refractivity contribution in [2.45, 2.75) is 26.7 Å². The predicted molar refractivity (Wildman–Crippen MR) is 96.3 cm³/mol. The van der Waals surface area contributed by atoms with Gasteiger partial charge >= 0.3 is 0 Å². The maximum atomic E-state index is 13.6. The number of benzene rings is 2. The van der Waals surface area contributed by atoms with E-state index in [0.29, 0.717) is 6.42 Å². The fourth-order valence-electron chi connectivity index (χ4n) is 2.79. The van der Waals surface area contributed by atoms with Crippen LogP contribution in [0.2, 0.25) is 0 Å². The van der Waals surface area contributed by atoms with Crippen LogP contribution in [-0.4, -0.2) is 15.7 Å². The molecule has 7 heteroatoms. The van der Waals surface area contributed by atoms with Gasteiger partial charge < -0.3 is 5.32 Å². The molecule has 0 saturated heterocycles. The van der Waals surface area contributed by atoms with E-state index in [1.807, 2.05) is 48.9 Å². The number of rotatable bonds is 5. The summed E-state index contributed by atoms with van der Waals surface area (Å²) in [7, 11) is 0. The van der Waals surface area contributed by atoms with E-state index in [1.54, 1.807) is 0 Å². The topological polar surface area (TPSA) is 46.9 Å². The minimum atomic E-state index is -1.60. The van der Waals surface area contributed by atoms with Crippen molar-refractivity contribution in [1.29, 1.82) is 0 Å². The van der Waals surface area contributed by atoms with E-state index in [2.05, 4.69) is 10.4 Å². The Morgan fingerprint density at radius 1 is 1.04 bits per heavy atom. The Kier molecular flexibility index (Phi) is 5.30. The average molecular weight is 373 g/mol. The number of nitrogens with zero attached hydrogens (tertiary/aromatic N) is 2. The SMILES string of the molecule is Cc1cc(C)n(-c2ccc(CCC(=O)Nc3ccc(F)c(F)c3F)cc2)n1. The monoisotopic (exact) mass is 373 g/mol. The van der Waals surface area contributed by atoms with Crippen molar-refractivity contribution in [2.75, 3.05) is 5.32 Å². The van der Waals surface area contributed by atoms with E-state index in [9.17, 15) is 18.0 Å². The Morgan fingerprint density at radius 2 is 1.74 bits per heavy atom. The van der Waals surface area contributed by atoms with E-state index in [4.69, 9.17) is 0 Å². The Balaban J connectivity index is 1.61. The zero-order valence-corrected chi connectivity index (χ0v) is 14.9. The number of aryl methyl sites for hydroxylation is 3. The molecule has 0 bridgehead atoms. The minimum Gasteiger partial charge on any atom is -0.323 e. The van der Waals surface area contributed by atoms with Crippen molar-refractivity contribution >= 4 is 11.6 Å². The first-order valence-corrected chi connectivity index (χ1v) is 8.41. The van der Waals surface area contributed by atoms with Crippen LogP contribution in [0.5, 0.6) is 0 Å². The third-order valence-electron chi connectivity index (χ3n) is 4.14. The van der Waals surface area contributed by atoms with Gasteiger partial charge in [-0.25, -0.2) is 17.9 Å². The molecule has 27 heavy (non-hydrogen) atoms. The fraction of sp³-hybridized carbons (Fsp3) is 0.200. The summed E-state index contributed by atoms with van der Waals surface area (Å²) in [4.78, 5) is 12.0. The van der Waals surface area contributed by atoms with Gasteiger partial charge in [0, 0.05) is 12.1 Å². The minimum absolute atomic E-state index is 0.0810. The maximum Gasteiger partial charge on any atom is 0.224 e. The van der Waals surface area contributed by atoms with Crippen molar-refractivity contribution in [1.82, 2.24) is 9.78 Å². The Bertz CT molecular complexity index is 981. The van der Waals surface area contributed by atoms with Crippen LogP contribution in [0.3, 0.4) is 0 Å². The number of carbonyl (C=O) groups excluding carboxylic acids is 1. The molecule has 1 heterocycles. The number of aromatic nitrogens is 2. The van der Waals surface area contributed by atoms with Crippen molar-refractivity contribution in [3.8, 4) is 5.69 Å². The Hall–Kier alpha value is -3.09. The molecule has 0 unspecified atom stereocenters. The van der Waals surface area contributed by atoms with Crippen LogP contribution < -0.4 is 5.32 Å². The molecule has 2 aromatic carbocycles. The van der Waals surface area contributed by atoms with Crippen molar-refractivity contribution in [3.05, 3.63) is 76.9 Å². The molecule has 4 nitrogen and oxygen atoms in total. The molecular formula is C20H18F3N3O. The number of anilines is 1. The van der Waals surface area contributed by atoms with Gasteiger partial charge in [0.2, 0.25) is 5.91 Å². The van der Waals surface area contributed by atoms with E-state index in [1.165, 1.54) is 0 Å². The lowest BCUT2D eigenvalue weighted by atomic mass is 10.1. The number of nitrogens with one attached hydrogen (secondary N) is 1. The van der Waals surface area contributed by atoms with Crippen LogP contribution >= 0.6 is 0 Å². The Morgan fingerprint density at radius 3 is 2.37 bits per heavy atom. The highest BCUT2D eigenvalue weighted by atomic mass is 19.2. The summed E-state index contributed by atoms with van der Waals surface area (Å²) in [5, 5.41) is 6.67. The first kappa shape index (κ1) is 18.7. The standard InChI is InChI=1S/C20H18F3N3O/c1-12-11-13(2)26(25-12)15-6-3-14(4-7-15)5-10-18(27)24-17-9-8-16(21)19(22)20(17)23/h3-4,6-9,11H,5,10H2,1-2H3,(H,24,27). The lowest BCUT2D eigenvalue weighted by Gasteiger charge is -2.08. The van der Waals surface area contributed by atoms with Gasteiger partial charge in [0.15, 0.2) is 17.5 Å². The van der Waals surface area contributed by atoms with Crippen molar-refractivity contribution in [2.24, 2.45) is 0 Å². The summed E-state index contributed by atoms with van der Waals surface area (Å²) in [5.41, 5.74) is 3.41. The van der Waals surface area contributed by atoms with Crippen LogP contribution in [0.1, 0.15) is 23.4 Å². The van der Waals surface area contributed by atoms with Gasteiger partial charge in [0.05, 0.1) is 17.1 Å². The van der Waals surface area contributed by atoms with Crippen molar-refractivity contribution in [3.63, 3.8) is 0 Å². The summed E-state index contributed by atoms with van der Waals surface area (Å²) in [6.45, 7) is 3.89. The van der Waals surface area contributed by atoms with Gasteiger partial charge in [-0.15, -0.1) is 0 Å². The summed E-state index contributed by atoms with van der Waals surface area (Å²) in [6.07, 6.45) is 0.506. The molecule has 1 amide bonds. The van der Waals surface area contributed by atoms with Gasteiger partial charge in [-0.05, 0) is 56.2 Å². The smallest absolute Gasteiger partial charge is 0.224 e. The summed E-state index contributed by atoms with van der Waals surface area (Å²) in [6, 6.07) is 11.3. The molecule has 1 aromatic heterocycles. The molecule has 0 fully saturated rings. The number of amides is 1. The summed E-state index contributed by atoms with van der Waals surface area (Å²) in [5.74, 6) is -4.79. The second-order valence-electron chi connectivity index (χ2n) is 6.28. The third kappa shape index (κ3) is 4.19. The summed E-state index contributed by atoms with van der Waals surface area (Å²) >= 11 is 0. The first-order valence-electron chi connectivity index (χ1n) is 8.41. The van der Waals surface area contributed by atoms with Crippen LogP contribution in [0.15, 0.2) is 42.5 Å². The van der Waals surface area contributed by atoms with E-state index < -0.39 is 23.4 Å². The number of carbonyl (C=O) groups is 1. The van der Waals surface area contributed by atoms with Gasteiger partial charge in [-0.3, -0.25) is 4.79 Å². The molecule has 0 saturated carbocycles. The molecule has 0 aliphatic carbocycles. The Labute approximate surface area is 154 Å². The molecule has 1 N–H and O–H groups in total. The van der Waals surface area contributed by atoms with Gasteiger partial charge in [-0.2, -0.15) is 5.10 Å². The zero-order valence-electron chi connectivity index (χ0n) is 14.9. The molecule has 3 rings (SSSR count).